The fourth-order valence-electron chi connectivity index (χ4n) is 3.41. The number of nitrogens with zero attached hydrogens (tertiary/aromatic N) is 4. The summed E-state index contributed by atoms with van der Waals surface area (Å²) in [4.78, 5) is 19.9. The Morgan fingerprint density at radius 2 is 2.00 bits per heavy atom. The molecule has 0 amide bonds. The zero-order valence-corrected chi connectivity index (χ0v) is 13.4. The Hall–Kier alpha value is -2.76. The number of nitroso groups, excluding NO2 is 1. The van der Waals surface area contributed by atoms with E-state index in [0.717, 1.165) is 16.7 Å². The van der Waals surface area contributed by atoms with Gasteiger partial charge in [-0.1, -0.05) is 25.3 Å². The van der Waals surface area contributed by atoms with Gasteiger partial charge in [0, 0.05) is 23.8 Å². The lowest BCUT2D eigenvalue weighted by Crippen LogP contribution is -2.23. The van der Waals surface area contributed by atoms with Crippen LogP contribution < -0.4 is 5.32 Å². The highest BCUT2D eigenvalue weighted by atomic mass is 16.3. The van der Waals surface area contributed by atoms with E-state index in [2.05, 4.69) is 20.5 Å². The Morgan fingerprint density at radius 3 is 2.83 bits per heavy atom. The number of anilines is 1. The van der Waals surface area contributed by atoms with Gasteiger partial charge in [0.25, 0.3) is 0 Å². The molecule has 1 aliphatic carbocycles. The van der Waals surface area contributed by atoms with Gasteiger partial charge in [0.2, 0.25) is 5.95 Å². The molecule has 0 radical (unpaired) electrons. The molecule has 2 heterocycles. The van der Waals surface area contributed by atoms with Crippen molar-refractivity contribution in [2.45, 2.75) is 38.1 Å². The maximum Gasteiger partial charge on any atom is 0.224 e. The Balaban J connectivity index is 1.67. The minimum Gasteiger partial charge on any atom is -0.351 e. The van der Waals surface area contributed by atoms with E-state index < -0.39 is 0 Å². The van der Waals surface area contributed by atoms with E-state index in [9.17, 15) is 4.91 Å². The molecule has 1 fully saturated rings. The monoisotopic (exact) mass is 321 g/mol. The molecule has 2 aromatic heterocycles. The number of nitrogens with one attached hydrogen (secondary N) is 1. The molecule has 6 heteroatoms. The van der Waals surface area contributed by atoms with Gasteiger partial charge in [-0.15, -0.1) is 4.91 Å². The highest BCUT2D eigenvalue weighted by molar-refractivity contribution is 5.91. The average Bonchev–Trinajstić information content (AvgIpc) is 3.07. The van der Waals surface area contributed by atoms with Crippen LogP contribution in [0.1, 0.15) is 32.1 Å². The molecule has 0 spiro atoms. The van der Waals surface area contributed by atoms with E-state index in [-0.39, 0.29) is 0 Å². The van der Waals surface area contributed by atoms with Crippen LogP contribution in [0.25, 0.3) is 16.7 Å². The molecule has 4 rings (SSSR count). The maximum absolute atomic E-state index is 10.9. The third-order valence-corrected chi connectivity index (χ3v) is 4.63. The largest absolute Gasteiger partial charge is 0.351 e. The topological polar surface area (TPSA) is 72.2 Å². The van der Waals surface area contributed by atoms with Gasteiger partial charge in [-0.05, 0) is 42.3 Å². The Kier molecular flexibility index (Phi) is 3.94. The summed E-state index contributed by atoms with van der Waals surface area (Å²) >= 11 is 0. The quantitative estimate of drug-likeness (QED) is 0.715. The van der Waals surface area contributed by atoms with Gasteiger partial charge >= 0.3 is 0 Å². The molecule has 3 aromatic rings. The van der Waals surface area contributed by atoms with E-state index in [4.69, 9.17) is 0 Å². The second-order valence-corrected chi connectivity index (χ2v) is 6.20. The first-order chi connectivity index (χ1) is 11.8. The van der Waals surface area contributed by atoms with Gasteiger partial charge in [-0.2, -0.15) is 4.98 Å². The van der Waals surface area contributed by atoms with E-state index in [1.165, 1.54) is 32.1 Å². The maximum atomic E-state index is 10.9. The Morgan fingerprint density at radius 1 is 1.12 bits per heavy atom. The summed E-state index contributed by atoms with van der Waals surface area (Å²) in [5.41, 5.74) is 1.36. The lowest BCUT2D eigenvalue weighted by molar-refractivity contribution is 0.461. The first kappa shape index (κ1) is 14.8. The number of hydrogen-bond acceptors (Lipinski definition) is 5. The van der Waals surface area contributed by atoms with Crippen LogP contribution in [0.4, 0.5) is 11.6 Å². The second-order valence-electron chi connectivity index (χ2n) is 6.20. The smallest absolute Gasteiger partial charge is 0.224 e. The van der Waals surface area contributed by atoms with Gasteiger partial charge < -0.3 is 9.88 Å². The minimum absolute atomic E-state index is 0.445. The number of rotatable bonds is 4. The van der Waals surface area contributed by atoms with E-state index in [0.29, 0.717) is 17.7 Å². The molecule has 0 bridgehead atoms. The molecule has 1 aromatic carbocycles. The van der Waals surface area contributed by atoms with Crippen LogP contribution in [-0.2, 0) is 0 Å². The van der Waals surface area contributed by atoms with Crippen molar-refractivity contribution >= 4 is 22.5 Å². The molecule has 0 unspecified atom stereocenters. The van der Waals surface area contributed by atoms with Crippen LogP contribution >= 0.6 is 0 Å². The molecule has 0 aliphatic heterocycles. The van der Waals surface area contributed by atoms with E-state index in [1.807, 2.05) is 35.0 Å². The van der Waals surface area contributed by atoms with Crippen molar-refractivity contribution < 1.29 is 0 Å². The minimum atomic E-state index is 0.445. The fraction of sp³-hybridized carbons (Fsp3) is 0.333. The van der Waals surface area contributed by atoms with Gasteiger partial charge in [-0.25, -0.2) is 4.98 Å². The van der Waals surface area contributed by atoms with Crippen molar-refractivity contribution in [3.05, 3.63) is 47.6 Å². The zero-order valence-electron chi connectivity index (χ0n) is 13.4. The van der Waals surface area contributed by atoms with E-state index in [1.54, 1.807) is 12.3 Å². The van der Waals surface area contributed by atoms with Crippen molar-refractivity contribution in [1.82, 2.24) is 14.5 Å². The number of hydrogen-bond donors (Lipinski definition) is 1. The predicted molar refractivity (Wildman–Crippen MR) is 94.8 cm³/mol. The predicted octanol–water partition coefficient (Wildman–Crippen LogP) is 4.56. The normalized spacial score (nSPS) is 15.5. The van der Waals surface area contributed by atoms with Crippen molar-refractivity contribution in [2.75, 3.05) is 5.32 Å². The van der Waals surface area contributed by atoms with Crippen LogP contribution in [0.15, 0.2) is 47.9 Å². The van der Waals surface area contributed by atoms with Gasteiger partial charge in [0.15, 0.2) is 0 Å². The summed E-state index contributed by atoms with van der Waals surface area (Å²) in [6.07, 6.45) is 9.87. The molecular weight excluding hydrogens is 302 g/mol. The summed E-state index contributed by atoms with van der Waals surface area (Å²) < 4.78 is 1.96. The molecule has 1 N–H and O–H groups in total. The lowest BCUT2D eigenvalue weighted by atomic mass is 9.96. The van der Waals surface area contributed by atoms with Crippen molar-refractivity contribution in [3.63, 3.8) is 0 Å². The number of aromatic nitrogens is 3. The highest BCUT2D eigenvalue weighted by Gasteiger charge is 2.15. The molecule has 1 saturated carbocycles. The van der Waals surface area contributed by atoms with Crippen LogP contribution in [0.5, 0.6) is 0 Å². The van der Waals surface area contributed by atoms with Crippen molar-refractivity contribution in [3.8, 4) is 5.82 Å². The molecule has 6 nitrogen and oxygen atoms in total. The van der Waals surface area contributed by atoms with Gasteiger partial charge in [0.05, 0.1) is 5.52 Å². The molecular formula is C18H19N5O. The number of benzene rings is 1. The van der Waals surface area contributed by atoms with Gasteiger partial charge in [-0.3, -0.25) is 0 Å². The summed E-state index contributed by atoms with van der Waals surface area (Å²) in [6, 6.07) is 9.73. The standard InChI is InChI=1S/C18H19N5O/c24-22-15-7-4-8-16-14(15)10-12-23(16)17-9-11-19-18(21-17)20-13-5-2-1-3-6-13/h4,7-13H,1-3,5-6H2,(H,19,20,21). The molecule has 24 heavy (non-hydrogen) atoms. The van der Waals surface area contributed by atoms with Gasteiger partial charge in [0.1, 0.15) is 11.5 Å². The third kappa shape index (κ3) is 2.75. The fourth-order valence-corrected chi connectivity index (χ4v) is 3.41. The Labute approximate surface area is 139 Å². The lowest BCUT2D eigenvalue weighted by Gasteiger charge is -2.22. The molecule has 122 valence electrons. The van der Waals surface area contributed by atoms with Crippen molar-refractivity contribution in [2.24, 2.45) is 5.18 Å². The summed E-state index contributed by atoms with van der Waals surface area (Å²) in [7, 11) is 0. The molecule has 0 atom stereocenters. The summed E-state index contributed by atoms with van der Waals surface area (Å²) in [6.45, 7) is 0. The average molecular weight is 321 g/mol. The SMILES string of the molecule is O=Nc1cccc2c1ccn2-c1ccnc(NC2CCCCC2)n1. The van der Waals surface area contributed by atoms with Crippen molar-refractivity contribution in [1.29, 1.82) is 0 Å². The van der Waals surface area contributed by atoms with Crippen LogP contribution in [0.3, 0.4) is 0 Å². The van der Waals surface area contributed by atoms with Crippen LogP contribution in [-0.4, -0.2) is 20.6 Å². The third-order valence-electron chi connectivity index (χ3n) is 4.63. The first-order valence-corrected chi connectivity index (χ1v) is 8.38. The summed E-state index contributed by atoms with van der Waals surface area (Å²) in [5, 5.41) is 7.37. The van der Waals surface area contributed by atoms with Crippen LogP contribution in [0, 0.1) is 4.91 Å². The first-order valence-electron chi connectivity index (χ1n) is 8.38. The number of fused-ring (bicyclic) bond motifs is 1. The highest BCUT2D eigenvalue weighted by Crippen LogP contribution is 2.28. The molecule has 1 aliphatic rings. The molecule has 0 saturated heterocycles. The Bertz CT molecular complexity index is 867. The van der Waals surface area contributed by atoms with E-state index >= 15 is 0 Å². The zero-order chi connectivity index (χ0) is 16.4. The summed E-state index contributed by atoms with van der Waals surface area (Å²) in [5.74, 6) is 1.44. The second kappa shape index (κ2) is 6.39. The van der Waals surface area contributed by atoms with Crippen LogP contribution in [0.2, 0.25) is 0 Å².